The monoisotopic (exact) mass is 613 g/mol. The molecular weight excluding hydrogens is 574 g/mol. The van der Waals surface area contributed by atoms with Crippen LogP contribution < -0.4 is 14.4 Å². The van der Waals surface area contributed by atoms with E-state index in [9.17, 15) is 18.0 Å². The zero-order valence-electron chi connectivity index (χ0n) is 25.5. The number of rotatable bonds is 13. The van der Waals surface area contributed by atoms with E-state index in [1.54, 1.807) is 42.5 Å². The minimum atomic E-state index is -4.16. The van der Waals surface area contributed by atoms with E-state index in [2.05, 4.69) is 5.32 Å². The molecule has 0 unspecified atom stereocenters. The van der Waals surface area contributed by atoms with Crippen molar-refractivity contribution in [2.24, 2.45) is 0 Å². The molecule has 0 aliphatic heterocycles. The van der Waals surface area contributed by atoms with Crippen LogP contribution in [0.1, 0.15) is 38.3 Å². The van der Waals surface area contributed by atoms with Crippen LogP contribution in [0.5, 0.6) is 11.5 Å². The molecule has 0 saturated heterocycles. The van der Waals surface area contributed by atoms with Gasteiger partial charge in [0, 0.05) is 12.6 Å². The van der Waals surface area contributed by atoms with Crippen LogP contribution in [-0.4, -0.2) is 43.8 Å². The molecule has 0 fully saturated rings. The highest BCUT2D eigenvalue weighted by molar-refractivity contribution is 7.92. The summed E-state index contributed by atoms with van der Waals surface area (Å²) < 4.78 is 35.1. The van der Waals surface area contributed by atoms with Gasteiger partial charge >= 0.3 is 0 Å². The van der Waals surface area contributed by atoms with Gasteiger partial charge in [-0.3, -0.25) is 13.9 Å². The predicted octanol–water partition coefficient (Wildman–Crippen LogP) is 6.31. The Morgan fingerprint density at radius 1 is 0.818 bits per heavy atom. The SMILES string of the molecule is CC[C@@H](C(=O)NC(C)C)N(Cc1cccc(C)c1)C(=O)CN(c1ccc(Oc2ccccc2)cc1)S(=O)(=O)c1ccccc1. The lowest BCUT2D eigenvalue weighted by Crippen LogP contribution is -2.53. The van der Waals surface area contributed by atoms with E-state index in [4.69, 9.17) is 4.74 Å². The second-order valence-corrected chi connectivity index (χ2v) is 12.7. The molecule has 8 nitrogen and oxygen atoms in total. The second-order valence-electron chi connectivity index (χ2n) is 10.8. The van der Waals surface area contributed by atoms with Gasteiger partial charge < -0.3 is 15.0 Å². The van der Waals surface area contributed by atoms with Crippen molar-refractivity contribution in [3.8, 4) is 11.5 Å². The first-order valence-electron chi connectivity index (χ1n) is 14.6. The Bertz CT molecular complexity index is 1640. The first kappa shape index (κ1) is 32.3. The highest BCUT2D eigenvalue weighted by Crippen LogP contribution is 2.28. The van der Waals surface area contributed by atoms with E-state index < -0.39 is 28.5 Å². The molecule has 44 heavy (non-hydrogen) atoms. The van der Waals surface area contributed by atoms with Gasteiger partial charge in [-0.2, -0.15) is 0 Å². The van der Waals surface area contributed by atoms with E-state index in [1.807, 2.05) is 82.3 Å². The number of ether oxygens (including phenoxy) is 1. The third-order valence-corrected chi connectivity index (χ3v) is 8.75. The van der Waals surface area contributed by atoms with Crippen molar-refractivity contribution in [2.45, 2.75) is 57.6 Å². The molecule has 9 heteroatoms. The van der Waals surface area contributed by atoms with Crippen LogP contribution in [0.15, 0.2) is 114 Å². The van der Waals surface area contributed by atoms with Gasteiger partial charge in [0.1, 0.15) is 24.1 Å². The number of carbonyl (C=O) groups excluding carboxylic acids is 2. The second kappa shape index (κ2) is 14.7. The van der Waals surface area contributed by atoms with Gasteiger partial charge in [0.25, 0.3) is 10.0 Å². The van der Waals surface area contributed by atoms with Crippen molar-refractivity contribution in [1.82, 2.24) is 10.2 Å². The summed E-state index contributed by atoms with van der Waals surface area (Å²) >= 11 is 0. The van der Waals surface area contributed by atoms with Gasteiger partial charge in [-0.05, 0) is 81.3 Å². The number of hydrogen-bond acceptors (Lipinski definition) is 5. The summed E-state index contributed by atoms with van der Waals surface area (Å²) in [6.07, 6.45) is 0.354. The summed E-state index contributed by atoms with van der Waals surface area (Å²) in [5.41, 5.74) is 2.15. The van der Waals surface area contributed by atoms with E-state index in [-0.39, 0.29) is 29.1 Å². The standard InChI is InChI=1S/C35H39N3O5S/c1-5-33(35(40)36-26(2)3)37(24-28-14-12-13-27(4)23-28)34(39)25-38(44(41,42)32-17-10-7-11-18-32)29-19-21-31(22-20-29)43-30-15-8-6-9-16-30/h6-23,26,33H,5,24-25H2,1-4H3,(H,36,40)/t33-/m0/s1. The first-order chi connectivity index (χ1) is 21.1. The van der Waals surface area contributed by atoms with Crippen molar-refractivity contribution in [2.75, 3.05) is 10.8 Å². The molecule has 0 aliphatic rings. The van der Waals surface area contributed by atoms with E-state index in [0.717, 1.165) is 15.4 Å². The first-order valence-corrected chi connectivity index (χ1v) is 16.1. The largest absolute Gasteiger partial charge is 0.457 e. The molecule has 0 spiro atoms. The summed E-state index contributed by atoms with van der Waals surface area (Å²) in [5.74, 6) is 0.367. The Balaban J connectivity index is 1.72. The molecule has 0 heterocycles. The maximum Gasteiger partial charge on any atom is 0.264 e. The fourth-order valence-electron chi connectivity index (χ4n) is 4.86. The summed E-state index contributed by atoms with van der Waals surface area (Å²) in [7, 11) is -4.16. The molecule has 0 bridgehead atoms. The topological polar surface area (TPSA) is 96.0 Å². The average molecular weight is 614 g/mol. The van der Waals surface area contributed by atoms with Gasteiger partial charge in [0.15, 0.2) is 0 Å². The van der Waals surface area contributed by atoms with Crippen LogP contribution in [0.25, 0.3) is 0 Å². The van der Waals surface area contributed by atoms with Gasteiger partial charge in [-0.25, -0.2) is 8.42 Å². The van der Waals surface area contributed by atoms with Crippen LogP contribution in [0, 0.1) is 6.92 Å². The number of nitrogens with one attached hydrogen (secondary N) is 1. The number of carbonyl (C=O) groups is 2. The van der Waals surface area contributed by atoms with Crippen molar-refractivity contribution >= 4 is 27.5 Å². The Hall–Kier alpha value is -4.63. The summed E-state index contributed by atoms with van der Waals surface area (Å²) in [4.78, 5) is 29.0. The molecule has 0 aromatic heterocycles. The zero-order valence-corrected chi connectivity index (χ0v) is 26.3. The van der Waals surface area contributed by atoms with Crippen molar-refractivity contribution in [1.29, 1.82) is 0 Å². The Labute approximate surface area is 260 Å². The molecule has 0 saturated carbocycles. The number of para-hydroxylation sites is 1. The van der Waals surface area contributed by atoms with Crippen LogP contribution >= 0.6 is 0 Å². The van der Waals surface area contributed by atoms with Crippen LogP contribution in [0.4, 0.5) is 5.69 Å². The fourth-order valence-corrected chi connectivity index (χ4v) is 6.30. The molecular formula is C35H39N3O5S. The van der Waals surface area contributed by atoms with Gasteiger partial charge in [-0.15, -0.1) is 0 Å². The number of hydrogen-bond donors (Lipinski definition) is 1. The highest BCUT2D eigenvalue weighted by atomic mass is 32.2. The molecule has 1 atom stereocenters. The average Bonchev–Trinajstić information content (AvgIpc) is 3.01. The zero-order chi connectivity index (χ0) is 31.7. The van der Waals surface area contributed by atoms with E-state index in [0.29, 0.717) is 17.9 Å². The third kappa shape index (κ3) is 8.26. The maximum absolute atomic E-state index is 14.2. The predicted molar refractivity (Wildman–Crippen MR) is 173 cm³/mol. The Morgan fingerprint density at radius 3 is 2.02 bits per heavy atom. The number of benzene rings is 4. The minimum absolute atomic E-state index is 0.0484. The highest BCUT2D eigenvalue weighted by Gasteiger charge is 2.33. The quantitative estimate of drug-likeness (QED) is 0.191. The Morgan fingerprint density at radius 2 is 1.43 bits per heavy atom. The molecule has 1 N–H and O–H groups in total. The minimum Gasteiger partial charge on any atom is -0.457 e. The molecule has 4 aromatic carbocycles. The number of nitrogens with zero attached hydrogens (tertiary/aromatic N) is 2. The summed E-state index contributed by atoms with van der Waals surface area (Å²) in [6, 6.07) is 30.6. The molecule has 0 aliphatic carbocycles. The van der Waals surface area contributed by atoms with E-state index >= 15 is 0 Å². The van der Waals surface area contributed by atoms with Gasteiger partial charge in [0.2, 0.25) is 11.8 Å². The number of anilines is 1. The normalized spacial score (nSPS) is 11.9. The van der Waals surface area contributed by atoms with Crippen molar-refractivity contribution < 1.29 is 22.7 Å². The van der Waals surface area contributed by atoms with Crippen molar-refractivity contribution in [3.63, 3.8) is 0 Å². The number of sulfonamides is 1. The number of amides is 2. The number of aryl methyl sites for hydroxylation is 1. The molecule has 0 radical (unpaired) electrons. The molecule has 230 valence electrons. The van der Waals surface area contributed by atoms with Gasteiger partial charge in [-0.1, -0.05) is 73.2 Å². The summed E-state index contributed by atoms with van der Waals surface area (Å²) in [5, 5.41) is 2.91. The fraction of sp³-hybridized carbons (Fsp3) is 0.257. The van der Waals surface area contributed by atoms with Crippen LogP contribution in [0.2, 0.25) is 0 Å². The van der Waals surface area contributed by atoms with Crippen LogP contribution in [0.3, 0.4) is 0 Å². The molecule has 4 rings (SSSR count). The Kier molecular flexibility index (Phi) is 10.8. The third-order valence-electron chi connectivity index (χ3n) is 6.97. The smallest absolute Gasteiger partial charge is 0.264 e. The van der Waals surface area contributed by atoms with Crippen LogP contribution in [-0.2, 0) is 26.2 Å². The lowest BCUT2D eigenvalue weighted by atomic mass is 10.1. The van der Waals surface area contributed by atoms with E-state index in [1.165, 1.54) is 17.0 Å². The summed E-state index contributed by atoms with van der Waals surface area (Å²) in [6.45, 7) is 7.15. The lowest BCUT2D eigenvalue weighted by molar-refractivity contribution is -0.140. The van der Waals surface area contributed by atoms with Gasteiger partial charge in [0.05, 0.1) is 10.6 Å². The lowest BCUT2D eigenvalue weighted by Gasteiger charge is -2.33. The van der Waals surface area contributed by atoms with Crippen molar-refractivity contribution in [3.05, 3.63) is 120 Å². The molecule has 4 aromatic rings. The maximum atomic E-state index is 14.2. The molecule has 2 amide bonds.